The van der Waals surface area contributed by atoms with E-state index in [1.807, 2.05) is 30.3 Å². The molecule has 0 saturated carbocycles. The van der Waals surface area contributed by atoms with Crippen molar-refractivity contribution >= 4 is 17.4 Å². The summed E-state index contributed by atoms with van der Waals surface area (Å²) in [5.41, 5.74) is 2.99. The smallest absolute Gasteiger partial charge is 0.299 e. The number of methoxy groups -OCH3 is 2. The first kappa shape index (κ1) is 18.6. The van der Waals surface area contributed by atoms with Crippen molar-refractivity contribution in [2.24, 2.45) is 0 Å². The first-order valence-corrected chi connectivity index (χ1v) is 8.98. The maximum absolute atomic E-state index is 5.85. The predicted octanol–water partition coefficient (Wildman–Crippen LogP) is 4.95. The van der Waals surface area contributed by atoms with E-state index in [0.717, 1.165) is 24.3 Å². The van der Waals surface area contributed by atoms with Gasteiger partial charge < -0.3 is 24.1 Å². The van der Waals surface area contributed by atoms with Gasteiger partial charge in [0, 0.05) is 36.1 Å². The van der Waals surface area contributed by atoms with Crippen LogP contribution in [0.25, 0.3) is 11.3 Å². The Kier molecular flexibility index (Phi) is 5.86. The van der Waals surface area contributed by atoms with Gasteiger partial charge >= 0.3 is 0 Å². The van der Waals surface area contributed by atoms with E-state index in [2.05, 4.69) is 41.2 Å². The minimum absolute atomic E-state index is 0.421. The van der Waals surface area contributed by atoms with Crippen LogP contribution in [0.15, 0.2) is 53.1 Å². The molecule has 3 aromatic rings. The molecule has 0 spiro atoms. The number of rotatable bonds is 8. The van der Waals surface area contributed by atoms with E-state index >= 15 is 0 Å². The molecule has 0 fully saturated rings. The van der Waals surface area contributed by atoms with Crippen LogP contribution < -0.4 is 19.7 Å². The van der Waals surface area contributed by atoms with Gasteiger partial charge in [-0.2, -0.15) is 0 Å². The third-order valence-electron chi connectivity index (χ3n) is 4.42. The normalized spacial score (nSPS) is 10.5. The molecule has 3 rings (SSSR count). The van der Waals surface area contributed by atoms with Gasteiger partial charge in [-0.05, 0) is 50.2 Å². The quantitative estimate of drug-likeness (QED) is 0.608. The summed E-state index contributed by atoms with van der Waals surface area (Å²) in [7, 11) is 3.21. The van der Waals surface area contributed by atoms with E-state index in [9.17, 15) is 0 Å². The number of ether oxygens (including phenoxy) is 2. The zero-order chi connectivity index (χ0) is 19.2. The minimum Gasteiger partial charge on any atom is -0.493 e. The van der Waals surface area contributed by atoms with E-state index < -0.39 is 0 Å². The first-order valence-electron chi connectivity index (χ1n) is 8.98. The van der Waals surface area contributed by atoms with Crippen molar-refractivity contribution < 1.29 is 13.9 Å². The van der Waals surface area contributed by atoms with Crippen molar-refractivity contribution in [1.82, 2.24) is 4.98 Å². The summed E-state index contributed by atoms with van der Waals surface area (Å²) in [6.07, 6.45) is 1.72. The number of aromatic nitrogens is 1. The highest BCUT2D eigenvalue weighted by atomic mass is 16.5. The minimum atomic E-state index is 0.421. The zero-order valence-corrected chi connectivity index (χ0v) is 16.2. The van der Waals surface area contributed by atoms with Gasteiger partial charge in [0.25, 0.3) is 6.01 Å². The summed E-state index contributed by atoms with van der Waals surface area (Å²) < 4.78 is 16.4. The van der Waals surface area contributed by atoms with Gasteiger partial charge in [-0.3, -0.25) is 0 Å². The van der Waals surface area contributed by atoms with Crippen LogP contribution in [0.3, 0.4) is 0 Å². The van der Waals surface area contributed by atoms with E-state index in [1.54, 1.807) is 20.4 Å². The second-order valence-electron chi connectivity index (χ2n) is 5.94. The molecule has 6 heteroatoms. The lowest BCUT2D eigenvalue weighted by Crippen LogP contribution is -2.21. The number of benzene rings is 2. The summed E-state index contributed by atoms with van der Waals surface area (Å²) in [6.45, 7) is 6.27. The number of nitrogens with zero attached hydrogens (tertiary/aromatic N) is 2. The largest absolute Gasteiger partial charge is 0.493 e. The molecule has 1 N–H and O–H groups in total. The molecule has 1 aromatic heterocycles. The molecule has 0 atom stereocenters. The Morgan fingerprint density at radius 2 is 1.67 bits per heavy atom. The molecule has 142 valence electrons. The fraction of sp³-hybridized carbons (Fsp3) is 0.286. The van der Waals surface area contributed by atoms with Crippen LogP contribution in [0.1, 0.15) is 13.8 Å². The van der Waals surface area contributed by atoms with Crippen LogP contribution in [0.2, 0.25) is 0 Å². The summed E-state index contributed by atoms with van der Waals surface area (Å²) in [4.78, 5) is 6.62. The summed E-state index contributed by atoms with van der Waals surface area (Å²) in [6, 6.07) is 14.3. The Morgan fingerprint density at radius 1 is 0.963 bits per heavy atom. The summed E-state index contributed by atoms with van der Waals surface area (Å²) in [5, 5.41) is 3.15. The Morgan fingerprint density at radius 3 is 2.30 bits per heavy atom. The standard InChI is InChI=1S/C21H25N3O3/c1-5-24(6-2)17-10-7-15(8-11-17)20-14-22-21(27-20)23-16-9-12-18(25-3)19(13-16)26-4/h7-14H,5-6H2,1-4H3,(H,22,23). The van der Waals surface area contributed by atoms with Gasteiger partial charge in [-0.15, -0.1) is 0 Å². The lowest BCUT2D eigenvalue weighted by atomic mass is 10.1. The zero-order valence-electron chi connectivity index (χ0n) is 16.2. The maximum Gasteiger partial charge on any atom is 0.299 e. The molecule has 27 heavy (non-hydrogen) atoms. The van der Waals surface area contributed by atoms with Crippen LogP contribution in [-0.4, -0.2) is 32.3 Å². The molecule has 0 unspecified atom stereocenters. The van der Waals surface area contributed by atoms with E-state index in [1.165, 1.54) is 5.69 Å². The third kappa shape index (κ3) is 4.16. The monoisotopic (exact) mass is 367 g/mol. The summed E-state index contributed by atoms with van der Waals surface area (Å²) in [5.74, 6) is 2.02. The second-order valence-corrected chi connectivity index (χ2v) is 5.94. The molecule has 0 radical (unpaired) electrons. The SMILES string of the molecule is CCN(CC)c1ccc(-c2cnc(Nc3ccc(OC)c(OC)c3)o2)cc1. The number of anilines is 3. The molecular weight excluding hydrogens is 342 g/mol. The lowest BCUT2D eigenvalue weighted by Gasteiger charge is -2.20. The van der Waals surface area contributed by atoms with E-state index in [-0.39, 0.29) is 0 Å². The van der Waals surface area contributed by atoms with E-state index in [0.29, 0.717) is 23.3 Å². The number of oxazole rings is 1. The van der Waals surface area contributed by atoms with Gasteiger partial charge in [0.2, 0.25) is 0 Å². The molecule has 0 aliphatic rings. The van der Waals surface area contributed by atoms with Crippen LogP contribution in [-0.2, 0) is 0 Å². The Hall–Kier alpha value is -3.15. The van der Waals surface area contributed by atoms with Gasteiger partial charge in [0.05, 0.1) is 20.4 Å². The third-order valence-corrected chi connectivity index (χ3v) is 4.42. The topological polar surface area (TPSA) is 59.8 Å². The molecule has 0 aliphatic heterocycles. The highest BCUT2D eigenvalue weighted by Gasteiger charge is 2.10. The Labute approximate surface area is 159 Å². The summed E-state index contributed by atoms with van der Waals surface area (Å²) >= 11 is 0. The molecule has 0 saturated heterocycles. The van der Waals surface area contributed by atoms with Crippen molar-refractivity contribution in [2.45, 2.75) is 13.8 Å². The number of hydrogen-bond donors (Lipinski definition) is 1. The average Bonchev–Trinajstić information content (AvgIpc) is 3.17. The molecule has 0 amide bonds. The first-order chi connectivity index (χ1) is 13.2. The maximum atomic E-state index is 5.85. The fourth-order valence-electron chi connectivity index (χ4n) is 2.93. The average molecular weight is 367 g/mol. The van der Waals surface area contributed by atoms with Gasteiger partial charge in [-0.1, -0.05) is 0 Å². The van der Waals surface area contributed by atoms with Crippen molar-refractivity contribution in [1.29, 1.82) is 0 Å². The molecule has 1 heterocycles. The predicted molar refractivity (Wildman–Crippen MR) is 108 cm³/mol. The highest BCUT2D eigenvalue weighted by molar-refractivity contribution is 5.64. The van der Waals surface area contributed by atoms with Crippen molar-refractivity contribution in [2.75, 3.05) is 37.5 Å². The Bertz CT molecular complexity index is 871. The Balaban J connectivity index is 1.75. The molecular formula is C21H25N3O3. The van der Waals surface area contributed by atoms with Crippen LogP contribution in [0.4, 0.5) is 17.4 Å². The van der Waals surface area contributed by atoms with Gasteiger partial charge in [0.15, 0.2) is 17.3 Å². The lowest BCUT2D eigenvalue weighted by molar-refractivity contribution is 0.355. The molecule has 6 nitrogen and oxygen atoms in total. The van der Waals surface area contributed by atoms with Gasteiger partial charge in [0.1, 0.15) is 0 Å². The van der Waals surface area contributed by atoms with E-state index in [4.69, 9.17) is 13.9 Å². The number of nitrogens with one attached hydrogen (secondary N) is 1. The van der Waals surface area contributed by atoms with Crippen LogP contribution >= 0.6 is 0 Å². The molecule has 2 aromatic carbocycles. The van der Waals surface area contributed by atoms with Crippen molar-refractivity contribution in [3.63, 3.8) is 0 Å². The molecule has 0 aliphatic carbocycles. The molecule has 0 bridgehead atoms. The highest BCUT2D eigenvalue weighted by Crippen LogP contribution is 2.32. The van der Waals surface area contributed by atoms with Gasteiger partial charge in [-0.25, -0.2) is 4.98 Å². The van der Waals surface area contributed by atoms with Crippen LogP contribution in [0.5, 0.6) is 11.5 Å². The van der Waals surface area contributed by atoms with Crippen LogP contribution in [0, 0.1) is 0 Å². The van der Waals surface area contributed by atoms with Crippen molar-refractivity contribution in [3.05, 3.63) is 48.7 Å². The fourth-order valence-corrected chi connectivity index (χ4v) is 2.93. The second kappa shape index (κ2) is 8.49. The number of hydrogen-bond acceptors (Lipinski definition) is 6. The van der Waals surface area contributed by atoms with Crippen molar-refractivity contribution in [3.8, 4) is 22.8 Å².